The average molecular weight is 1380 g/mol. The van der Waals surface area contributed by atoms with Crippen molar-refractivity contribution in [3.05, 3.63) is 135 Å². The summed E-state index contributed by atoms with van der Waals surface area (Å²) in [5.74, 6) is 2.84. The fourth-order valence-corrected chi connectivity index (χ4v) is 13.9. The summed E-state index contributed by atoms with van der Waals surface area (Å²) in [5.41, 5.74) is 2.21. The molecule has 0 saturated heterocycles. The van der Waals surface area contributed by atoms with Crippen LogP contribution >= 0.6 is 146 Å². The lowest BCUT2D eigenvalue weighted by Crippen LogP contribution is -1.98. The van der Waals surface area contributed by atoms with Crippen LogP contribution in [0.25, 0.3) is 25.1 Å². The number of hydrogen-bond acceptors (Lipinski definition) is 6. The number of fused-ring (bicyclic) bond motifs is 3. The number of rotatable bonds is 10. The summed E-state index contributed by atoms with van der Waals surface area (Å²) in [7, 11) is -0.407. The average Bonchev–Trinajstić information content (AvgIpc) is 3.44. The fraction of sp³-hybridized carbons (Fsp3) is 0.0769. The molecule has 264 valence electrons. The lowest BCUT2D eigenvalue weighted by atomic mass is 10.1. The van der Waals surface area contributed by atoms with Crippen LogP contribution in [0.5, 0.6) is 34.5 Å². The van der Waals surface area contributed by atoms with Gasteiger partial charge in [0, 0.05) is 62.1 Å². The molecule has 0 bridgehead atoms. The van der Waals surface area contributed by atoms with Crippen molar-refractivity contribution in [3.63, 3.8) is 0 Å². The van der Waals surface area contributed by atoms with Gasteiger partial charge < -0.3 is 29.5 Å². The lowest BCUT2D eigenvalue weighted by molar-refractivity contribution is 0.298. The van der Waals surface area contributed by atoms with Crippen LogP contribution in [0, 0.1) is 21.4 Å². The van der Waals surface area contributed by atoms with E-state index in [1.807, 2.05) is 60.7 Å². The van der Waals surface area contributed by atoms with Gasteiger partial charge in [-0.25, -0.2) is 0 Å². The van der Waals surface area contributed by atoms with Crippen molar-refractivity contribution in [1.29, 1.82) is 0 Å². The maximum Gasteiger partial charge on any atom is 0.188 e. The molecule has 52 heavy (non-hydrogen) atoms. The summed E-state index contributed by atoms with van der Waals surface area (Å²) in [5, 5.41) is 34.0. The predicted molar refractivity (Wildman–Crippen MR) is 259 cm³/mol. The minimum Gasteiger partial charge on any atom is -0.506 e. The van der Waals surface area contributed by atoms with Crippen molar-refractivity contribution in [2.45, 2.75) is 19.8 Å². The Morgan fingerprint density at radius 3 is 1.15 bits per heavy atom. The number of benzene rings is 6. The number of ether oxygens (including phenoxy) is 3. The topological polar surface area (TPSA) is 88.4 Å². The zero-order chi connectivity index (χ0) is 36.7. The van der Waals surface area contributed by atoms with E-state index >= 15 is 0 Å². The molecule has 0 aliphatic rings. The van der Waals surface area contributed by atoms with Gasteiger partial charge in [0.05, 0.1) is 21.5 Å². The molecule has 7 aromatic rings. The van der Waals surface area contributed by atoms with E-state index < -0.39 is 10.5 Å². The molecule has 3 N–H and O–H groups in total. The third-order valence-corrected chi connectivity index (χ3v) is 14.9. The quantitative estimate of drug-likeness (QED) is 0.0934. The lowest BCUT2D eigenvalue weighted by Gasteiger charge is -2.10. The molecule has 1 heterocycles. The highest BCUT2D eigenvalue weighted by Crippen LogP contribution is 2.50. The van der Waals surface area contributed by atoms with Crippen molar-refractivity contribution in [2.75, 3.05) is 0 Å². The standard InChI is InChI=1S/C39H24I6O6S/c40-23-9-20(37(46)32(43)12-23)17-49-26-1-5-29(6-2-26)52-35-7-3-27(50-18-21-10-24(41)13-33(44)38(21)47)15-30(35)31-16-28(4-8-36(31)52)51-19-22-11-25(42)14-34(45)39(22)48/h1-16H,17-19H2,(H2-,46,47,48)/p+1. The molecule has 0 aliphatic heterocycles. The molecule has 0 radical (unpaired) electrons. The Labute approximate surface area is 384 Å². The number of phenols is 3. The molecule has 7 rings (SSSR count). The third kappa shape index (κ3) is 8.58. The minimum absolute atomic E-state index is 0.234. The van der Waals surface area contributed by atoms with Crippen molar-refractivity contribution in [3.8, 4) is 39.4 Å². The second kappa shape index (κ2) is 16.8. The summed E-state index contributed by atoms with van der Waals surface area (Å²) in [6, 6.07) is 32.2. The first-order valence-electron chi connectivity index (χ1n) is 15.5. The van der Waals surface area contributed by atoms with Crippen LogP contribution in [0.15, 0.2) is 97.1 Å². The number of phenolic OH excluding ortho intramolecular Hbond substituents is 3. The Bertz CT molecular complexity index is 2370. The molecular formula is C39H25I6O6S+. The van der Waals surface area contributed by atoms with Gasteiger partial charge in [0.2, 0.25) is 0 Å². The maximum absolute atomic E-state index is 10.7. The van der Waals surface area contributed by atoms with E-state index in [1.54, 1.807) is 0 Å². The molecule has 1 aromatic heterocycles. The van der Waals surface area contributed by atoms with Crippen molar-refractivity contribution >= 4 is 166 Å². The molecule has 13 heteroatoms. The summed E-state index contributed by atoms with van der Waals surface area (Å²) < 4.78 is 26.5. The van der Waals surface area contributed by atoms with E-state index in [-0.39, 0.29) is 37.1 Å². The summed E-state index contributed by atoms with van der Waals surface area (Å²) >= 11 is 13.2. The Balaban J connectivity index is 1.23. The molecule has 6 nitrogen and oxygen atoms in total. The van der Waals surface area contributed by atoms with Gasteiger partial charge in [-0.1, -0.05) is 0 Å². The first kappa shape index (κ1) is 39.0. The molecule has 0 aliphatic carbocycles. The number of thiophene rings is 1. The van der Waals surface area contributed by atoms with Crippen molar-refractivity contribution < 1.29 is 29.5 Å². The van der Waals surface area contributed by atoms with Gasteiger partial charge in [-0.2, -0.15) is 0 Å². The van der Waals surface area contributed by atoms with Crippen LogP contribution in [0.4, 0.5) is 0 Å². The molecule has 0 fully saturated rings. The fourth-order valence-electron chi connectivity index (χ4n) is 5.69. The third-order valence-electron chi connectivity index (χ3n) is 8.20. The number of halogens is 6. The van der Waals surface area contributed by atoms with E-state index in [0.717, 1.165) is 59.5 Å². The SMILES string of the molecule is Oc1c(I)cc(I)cc1COc1ccc(-[s+]2c3ccc(OCc4cc(I)cc(I)c4O)cc3c3cc(OCc4cc(I)cc(I)c4O)ccc32)cc1. The molecule has 0 atom stereocenters. The van der Waals surface area contributed by atoms with Crippen LogP contribution in [-0.2, 0) is 19.8 Å². The van der Waals surface area contributed by atoms with E-state index in [4.69, 9.17) is 14.2 Å². The zero-order valence-electron chi connectivity index (χ0n) is 26.6. The second-order valence-electron chi connectivity index (χ2n) is 11.6. The molecule has 0 spiro atoms. The van der Waals surface area contributed by atoms with Gasteiger partial charge in [0.25, 0.3) is 0 Å². The van der Waals surface area contributed by atoms with Crippen LogP contribution in [0.2, 0.25) is 0 Å². The summed E-state index contributed by atoms with van der Waals surface area (Å²) in [4.78, 5) is 1.14. The normalized spacial score (nSPS) is 11.3. The van der Waals surface area contributed by atoms with Crippen LogP contribution in [0.1, 0.15) is 16.7 Å². The van der Waals surface area contributed by atoms with Crippen molar-refractivity contribution in [2.24, 2.45) is 0 Å². The largest absolute Gasteiger partial charge is 0.506 e. The highest BCUT2D eigenvalue weighted by atomic mass is 127. The van der Waals surface area contributed by atoms with E-state index in [0.29, 0.717) is 11.5 Å². The summed E-state index contributed by atoms with van der Waals surface area (Å²) in [6.45, 7) is 0.731. The van der Waals surface area contributed by atoms with Gasteiger partial charge in [0.1, 0.15) is 54.3 Å². The van der Waals surface area contributed by atoms with Gasteiger partial charge in [-0.05, 0) is 208 Å². The molecule has 0 saturated carbocycles. The van der Waals surface area contributed by atoms with E-state index in [1.165, 1.54) is 9.40 Å². The first-order valence-corrected chi connectivity index (χ1v) is 23.2. The highest BCUT2D eigenvalue weighted by molar-refractivity contribution is 14.1. The number of aromatic hydroxyl groups is 3. The molecule has 6 aromatic carbocycles. The smallest absolute Gasteiger partial charge is 0.188 e. The van der Waals surface area contributed by atoms with Crippen LogP contribution in [0.3, 0.4) is 0 Å². The first-order chi connectivity index (χ1) is 24.9. The minimum atomic E-state index is -0.407. The Kier molecular flexibility index (Phi) is 12.6. The molecule has 0 unspecified atom stereocenters. The van der Waals surface area contributed by atoms with Gasteiger partial charge in [-0.15, -0.1) is 0 Å². The van der Waals surface area contributed by atoms with E-state index in [9.17, 15) is 15.3 Å². The van der Waals surface area contributed by atoms with Gasteiger partial charge >= 0.3 is 0 Å². The Hall–Kier alpha value is -1.28. The van der Waals surface area contributed by atoms with Crippen molar-refractivity contribution in [1.82, 2.24) is 0 Å². The van der Waals surface area contributed by atoms with Gasteiger partial charge in [-0.3, -0.25) is 0 Å². The maximum atomic E-state index is 10.7. The predicted octanol–water partition coefficient (Wildman–Crippen LogP) is 13.2. The van der Waals surface area contributed by atoms with E-state index in [2.05, 4.69) is 172 Å². The van der Waals surface area contributed by atoms with Crippen LogP contribution < -0.4 is 14.2 Å². The number of hydrogen-bond donors (Lipinski definition) is 3. The second-order valence-corrected chi connectivity index (χ2v) is 20.8. The Morgan fingerprint density at radius 1 is 0.423 bits per heavy atom. The summed E-state index contributed by atoms with van der Waals surface area (Å²) in [6.07, 6.45) is 0. The van der Waals surface area contributed by atoms with Crippen LogP contribution in [-0.4, -0.2) is 15.3 Å². The molecular weight excluding hydrogens is 1360 g/mol. The highest BCUT2D eigenvalue weighted by Gasteiger charge is 2.25. The molecule has 0 amide bonds. The zero-order valence-corrected chi connectivity index (χ0v) is 40.4. The monoisotopic (exact) mass is 1380 g/mol. The Morgan fingerprint density at radius 2 is 0.769 bits per heavy atom. The van der Waals surface area contributed by atoms with Gasteiger partial charge in [0.15, 0.2) is 14.3 Å².